The van der Waals surface area contributed by atoms with Crippen LogP contribution < -0.4 is 15.4 Å². The average molecular weight is 264 g/mol. The molecule has 0 spiro atoms. The van der Waals surface area contributed by atoms with E-state index in [4.69, 9.17) is 4.74 Å². The second-order valence-electron chi connectivity index (χ2n) is 4.60. The first-order valence-corrected chi connectivity index (χ1v) is 6.64. The van der Waals surface area contributed by atoms with Crippen molar-refractivity contribution in [3.05, 3.63) is 23.8 Å². The highest BCUT2D eigenvalue weighted by molar-refractivity contribution is 5.94. The average Bonchev–Trinajstić information content (AvgIpc) is 2.42. The van der Waals surface area contributed by atoms with E-state index in [1.807, 2.05) is 25.1 Å². The highest BCUT2D eigenvalue weighted by Crippen LogP contribution is 2.30. The molecular formula is C14H20N2O3. The lowest BCUT2D eigenvalue weighted by molar-refractivity contribution is -0.116. The number of hydrogen-bond donors (Lipinski definition) is 3. The topological polar surface area (TPSA) is 70.6 Å². The predicted molar refractivity (Wildman–Crippen MR) is 73.4 cm³/mol. The van der Waals surface area contributed by atoms with Gasteiger partial charge in [-0.05, 0) is 25.1 Å². The van der Waals surface area contributed by atoms with E-state index in [0.717, 1.165) is 23.5 Å². The molecule has 0 aromatic heterocycles. The Morgan fingerprint density at radius 1 is 1.47 bits per heavy atom. The molecule has 1 unspecified atom stereocenters. The Hall–Kier alpha value is -1.59. The van der Waals surface area contributed by atoms with Gasteiger partial charge < -0.3 is 20.5 Å². The molecule has 0 fully saturated rings. The number of carbonyl (C=O) groups excluding carboxylic acids is 1. The summed E-state index contributed by atoms with van der Waals surface area (Å²) in [5.74, 6) is 0.782. The van der Waals surface area contributed by atoms with E-state index in [2.05, 4.69) is 10.6 Å². The number of aliphatic hydroxyl groups excluding tert-OH is 1. The Balaban J connectivity index is 1.97. The SMILES string of the molecule is CCNCC(O)COc1cccc2c1CCC(=O)N2. The number of ether oxygens (including phenoxy) is 1. The van der Waals surface area contributed by atoms with E-state index in [0.29, 0.717) is 19.4 Å². The van der Waals surface area contributed by atoms with Gasteiger partial charge in [0, 0.05) is 24.2 Å². The second kappa shape index (κ2) is 6.54. The number of benzene rings is 1. The Morgan fingerprint density at radius 2 is 2.32 bits per heavy atom. The number of aliphatic hydroxyl groups is 1. The van der Waals surface area contributed by atoms with E-state index in [1.54, 1.807) is 0 Å². The van der Waals surface area contributed by atoms with Crippen LogP contribution >= 0.6 is 0 Å². The zero-order valence-electron chi connectivity index (χ0n) is 11.1. The predicted octanol–water partition coefficient (Wildman–Crippen LogP) is 0.920. The molecule has 0 radical (unpaired) electrons. The number of nitrogens with one attached hydrogen (secondary N) is 2. The van der Waals surface area contributed by atoms with Crippen LogP contribution in [0.2, 0.25) is 0 Å². The zero-order valence-corrected chi connectivity index (χ0v) is 11.1. The molecule has 1 aliphatic rings. The minimum absolute atomic E-state index is 0.0387. The summed E-state index contributed by atoms with van der Waals surface area (Å²) in [7, 11) is 0. The number of hydrogen-bond acceptors (Lipinski definition) is 4. The summed E-state index contributed by atoms with van der Waals surface area (Å²) < 4.78 is 5.66. The number of likely N-dealkylation sites (N-methyl/N-ethyl adjacent to an activating group) is 1. The molecule has 1 heterocycles. The minimum Gasteiger partial charge on any atom is -0.490 e. The molecule has 2 rings (SSSR count). The Morgan fingerprint density at radius 3 is 3.11 bits per heavy atom. The van der Waals surface area contributed by atoms with Crippen molar-refractivity contribution in [3.8, 4) is 5.75 Å². The third-order valence-corrected chi connectivity index (χ3v) is 3.07. The lowest BCUT2D eigenvalue weighted by Gasteiger charge is -2.21. The molecule has 104 valence electrons. The van der Waals surface area contributed by atoms with Gasteiger partial charge in [0.25, 0.3) is 0 Å². The molecule has 1 aromatic rings. The number of carbonyl (C=O) groups is 1. The second-order valence-corrected chi connectivity index (χ2v) is 4.60. The Labute approximate surface area is 113 Å². The first-order chi connectivity index (χ1) is 9.20. The molecule has 0 bridgehead atoms. The summed E-state index contributed by atoms with van der Waals surface area (Å²) in [5.41, 5.74) is 1.83. The van der Waals surface area contributed by atoms with Gasteiger partial charge in [0.05, 0.1) is 0 Å². The molecule has 0 saturated heterocycles. The maximum atomic E-state index is 11.3. The van der Waals surface area contributed by atoms with Crippen molar-refractivity contribution in [1.82, 2.24) is 5.32 Å². The smallest absolute Gasteiger partial charge is 0.224 e. The van der Waals surface area contributed by atoms with Crippen LogP contribution in [0.3, 0.4) is 0 Å². The van der Waals surface area contributed by atoms with Gasteiger partial charge in [0.2, 0.25) is 5.91 Å². The molecular weight excluding hydrogens is 244 g/mol. The van der Waals surface area contributed by atoms with E-state index in [1.165, 1.54) is 0 Å². The summed E-state index contributed by atoms with van der Waals surface area (Å²) in [5, 5.41) is 15.6. The van der Waals surface area contributed by atoms with Crippen LogP contribution in [0.25, 0.3) is 0 Å². The molecule has 19 heavy (non-hydrogen) atoms. The molecule has 0 aliphatic carbocycles. The molecule has 5 nitrogen and oxygen atoms in total. The molecule has 1 atom stereocenters. The lowest BCUT2D eigenvalue weighted by atomic mass is 10.0. The fraction of sp³-hybridized carbons (Fsp3) is 0.500. The summed E-state index contributed by atoms with van der Waals surface area (Å²) in [6.45, 7) is 3.58. The van der Waals surface area contributed by atoms with Gasteiger partial charge in [-0.25, -0.2) is 0 Å². The number of amides is 1. The fourth-order valence-corrected chi connectivity index (χ4v) is 2.08. The molecule has 0 saturated carbocycles. The lowest BCUT2D eigenvalue weighted by Crippen LogP contribution is -2.31. The normalized spacial score (nSPS) is 15.6. The van der Waals surface area contributed by atoms with Crippen molar-refractivity contribution in [3.63, 3.8) is 0 Å². The van der Waals surface area contributed by atoms with Crippen LogP contribution in [0.4, 0.5) is 5.69 Å². The Kier molecular flexibility index (Phi) is 4.76. The van der Waals surface area contributed by atoms with E-state index < -0.39 is 6.10 Å². The van der Waals surface area contributed by atoms with E-state index in [-0.39, 0.29) is 12.5 Å². The van der Waals surface area contributed by atoms with Crippen LogP contribution in [0, 0.1) is 0 Å². The number of anilines is 1. The zero-order chi connectivity index (χ0) is 13.7. The summed E-state index contributed by atoms with van der Waals surface area (Å²) in [6, 6.07) is 5.58. The van der Waals surface area contributed by atoms with Gasteiger partial charge in [-0.3, -0.25) is 4.79 Å². The van der Waals surface area contributed by atoms with Gasteiger partial charge in [-0.15, -0.1) is 0 Å². The maximum absolute atomic E-state index is 11.3. The van der Waals surface area contributed by atoms with Crippen LogP contribution in [0.15, 0.2) is 18.2 Å². The standard InChI is InChI=1S/C14H20N2O3/c1-2-15-8-10(17)9-19-13-5-3-4-12-11(13)6-7-14(18)16-12/h3-5,10,15,17H,2,6-9H2,1H3,(H,16,18). The summed E-state index contributed by atoms with van der Waals surface area (Å²) >= 11 is 0. The van der Waals surface area contributed by atoms with Gasteiger partial charge in [-0.2, -0.15) is 0 Å². The fourth-order valence-electron chi connectivity index (χ4n) is 2.08. The van der Waals surface area contributed by atoms with Gasteiger partial charge in [-0.1, -0.05) is 13.0 Å². The van der Waals surface area contributed by atoms with Crippen LogP contribution in [0.1, 0.15) is 18.9 Å². The number of rotatable bonds is 6. The van der Waals surface area contributed by atoms with E-state index >= 15 is 0 Å². The van der Waals surface area contributed by atoms with Crippen LogP contribution in [-0.2, 0) is 11.2 Å². The van der Waals surface area contributed by atoms with E-state index in [9.17, 15) is 9.90 Å². The molecule has 1 amide bonds. The first-order valence-electron chi connectivity index (χ1n) is 6.64. The number of fused-ring (bicyclic) bond motifs is 1. The van der Waals surface area contributed by atoms with Gasteiger partial charge in [0.1, 0.15) is 18.5 Å². The van der Waals surface area contributed by atoms with Gasteiger partial charge in [0.15, 0.2) is 0 Å². The third kappa shape index (κ3) is 3.68. The largest absolute Gasteiger partial charge is 0.490 e. The van der Waals surface area contributed by atoms with Crippen molar-refractivity contribution in [2.75, 3.05) is 25.0 Å². The van der Waals surface area contributed by atoms with Crippen molar-refractivity contribution in [1.29, 1.82) is 0 Å². The highest BCUT2D eigenvalue weighted by atomic mass is 16.5. The third-order valence-electron chi connectivity index (χ3n) is 3.07. The minimum atomic E-state index is -0.533. The van der Waals surface area contributed by atoms with Gasteiger partial charge >= 0.3 is 0 Å². The van der Waals surface area contributed by atoms with Crippen molar-refractivity contribution < 1.29 is 14.6 Å². The molecule has 5 heteroatoms. The first kappa shape index (κ1) is 13.8. The van der Waals surface area contributed by atoms with Crippen molar-refractivity contribution >= 4 is 11.6 Å². The molecule has 1 aromatic carbocycles. The summed E-state index contributed by atoms with van der Waals surface area (Å²) in [6.07, 6.45) is 0.627. The molecule has 1 aliphatic heterocycles. The monoisotopic (exact) mass is 264 g/mol. The Bertz CT molecular complexity index is 448. The molecule has 3 N–H and O–H groups in total. The van der Waals surface area contributed by atoms with Crippen molar-refractivity contribution in [2.45, 2.75) is 25.9 Å². The quantitative estimate of drug-likeness (QED) is 0.714. The highest BCUT2D eigenvalue weighted by Gasteiger charge is 2.18. The van der Waals surface area contributed by atoms with Crippen LogP contribution in [-0.4, -0.2) is 36.8 Å². The maximum Gasteiger partial charge on any atom is 0.224 e. The van der Waals surface area contributed by atoms with Crippen molar-refractivity contribution in [2.24, 2.45) is 0 Å². The summed E-state index contributed by atoms with van der Waals surface area (Å²) in [4.78, 5) is 11.3. The van der Waals surface area contributed by atoms with Crippen LogP contribution in [0.5, 0.6) is 5.75 Å².